The Balaban J connectivity index is 1.86. The number of amides is 2. The Hall–Kier alpha value is -1.50. The number of likely N-dealkylation sites (tertiary alicyclic amines) is 1. The first-order chi connectivity index (χ1) is 10.2. The molecule has 2 fully saturated rings. The first-order valence-electron chi connectivity index (χ1n) is 7.79. The minimum absolute atomic E-state index is 0.258. The van der Waals surface area contributed by atoms with Gasteiger partial charge in [0.1, 0.15) is 11.7 Å². The van der Waals surface area contributed by atoms with Crippen molar-refractivity contribution in [1.29, 1.82) is 0 Å². The number of carbonyl (C=O) groups is 2. The van der Waals surface area contributed by atoms with Crippen LogP contribution in [0.25, 0.3) is 0 Å². The number of rotatable bonds is 4. The van der Waals surface area contributed by atoms with Gasteiger partial charge in [0.25, 0.3) is 0 Å². The van der Waals surface area contributed by atoms with Crippen LogP contribution in [0.4, 0.5) is 9.59 Å². The van der Waals surface area contributed by atoms with Gasteiger partial charge in [0.05, 0.1) is 25.3 Å². The molecule has 126 valence electrons. The van der Waals surface area contributed by atoms with E-state index in [9.17, 15) is 9.59 Å². The zero-order valence-corrected chi connectivity index (χ0v) is 13.8. The summed E-state index contributed by atoms with van der Waals surface area (Å²) in [6, 6.07) is 0. The molecule has 7 nitrogen and oxygen atoms in total. The van der Waals surface area contributed by atoms with Gasteiger partial charge in [-0.15, -0.1) is 0 Å². The molecule has 1 N–H and O–H groups in total. The smallest absolute Gasteiger partial charge is 0.410 e. The molecule has 0 aromatic heterocycles. The quantitative estimate of drug-likeness (QED) is 0.857. The summed E-state index contributed by atoms with van der Waals surface area (Å²) in [6.07, 6.45) is 0.588. The minimum atomic E-state index is -0.501. The standard InChI is InChI=1S/C15H26N2O5/c1-5-15(20-9-11-8-16-12(18)21-11)6-7-17(10-15)13(19)22-14(2,3)4/h11H,5-10H2,1-4H3,(H,16,18). The molecule has 2 aliphatic heterocycles. The van der Waals surface area contributed by atoms with Crippen molar-refractivity contribution in [1.82, 2.24) is 10.2 Å². The molecule has 0 aromatic rings. The van der Waals surface area contributed by atoms with Crippen LogP contribution in [0, 0.1) is 0 Å². The van der Waals surface area contributed by atoms with Crippen molar-refractivity contribution in [2.45, 2.75) is 57.8 Å². The second kappa shape index (κ2) is 6.32. The molecule has 0 bridgehead atoms. The molecule has 2 saturated heterocycles. The van der Waals surface area contributed by atoms with Crippen LogP contribution in [-0.2, 0) is 14.2 Å². The zero-order chi connectivity index (χ0) is 16.4. The summed E-state index contributed by atoms with van der Waals surface area (Å²) in [5, 5.41) is 2.60. The largest absolute Gasteiger partial charge is 0.444 e. The third-order valence-corrected chi connectivity index (χ3v) is 3.94. The monoisotopic (exact) mass is 314 g/mol. The molecule has 2 atom stereocenters. The Morgan fingerprint density at radius 2 is 2.23 bits per heavy atom. The fourth-order valence-electron chi connectivity index (χ4n) is 2.63. The van der Waals surface area contributed by atoms with Crippen LogP contribution < -0.4 is 5.32 Å². The van der Waals surface area contributed by atoms with Crippen molar-refractivity contribution < 1.29 is 23.8 Å². The number of ether oxygens (including phenoxy) is 3. The van der Waals surface area contributed by atoms with E-state index in [1.165, 1.54) is 0 Å². The number of hydrogen-bond acceptors (Lipinski definition) is 5. The Kier molecular flexibility index (Phi) is 4.84. The van der Waals surface area contributed by atoms with Crippen molar-refractivity contribution in [2.24, 2.45) is 0 Å². The van der Waals surface area contributed by atoms with E-state index in [1.54, 1.807) is 4.90 Å². The van der Waals surface area contributed by atoms with Gasteiger partial charge in [-0.3, -0.25) is 0 Å². The highest BCUT2D eigenvalue weighted by atomic mass is 16.6. The van der Waals surface area contributed by atoms with Crippen molar-refractivity contribution in [2.75, 3.05) is 26.2 Å². The van der Waals surface area contributed by atoms with Crippen LogP contribution in [0.5, 0.6) is 0 Å². The highest BCUT2D eigenvalue weighted by Crippen LogP contribution is 2.30. The molecular formula is C15H26N2O5. The lowest BCUT2D eigenvalue weighted by Gasteiger charge is -2.30. The topological polar surface area (TPSA) is 77.1 Å². The molecule has 22 heavy (non-hydrogen) atoms. The first-order valence-corrected chi connectivity index (χ1v) is 7.79. The zero-order valence-electron chi connectivity index (χ0n) is 13.8. The molecule has 2 heterocycles. The molecule has 0 aliphatic carbocycles. The SMILES string of the molecule is CCC1(OCC2CNC(=O)O2)CCN(C(=O)OC(C)(C)C)C1. The molecule has 2 rings (SSSR count). The fraction of sp³-hybridized carbons (Fsp3) is 0.867. The fourth-order valence-corrected chi connectivity index (χ4v) is 2.63. The van der Waals surface area contributed by atoms with Crippen LogP contribution in [0.1, 0.15) is 40.5 Å². The minimum Gasteiger partial charge on any atom is -0.444 e. The maximum absolute atomic E-state index is 12.1. The lowest BCUT2D eigenvalue weighted by Crippen LogP contribution is -2.41. The molecule has 0 saturated carbocycles. The van der Waals surface area contributed by atoms with Crippen LogP contribution in [0.3, 0.4) is 0 Å². The van der Waals surface area contributed by atoms with Gasteiger partial charge in [-0.1, -0.05) is 6.92 Å². The van der Waals surface area contributed by atoms with Crippen LogP contribution >= 0.6 is 0 Å². The first kappa shape index (κ1) is 16.9. The van der Waals surface area contributed by atoms with Crippen LogP contribution in [-0.4, -0.2) is 60.6 Å². The van der Waals surface area contributed by atoms with Gasteiger partial charge in [-0.2, -0.15) is 0 Å². The van der Waals surface area contributed by atoms with E-state index in [1.807, 2.05) is 27.7 Å². The van der Waals surface area contributed by atoms with Crippen LogP contribution in [0.15, 0.2) is 0 Å². The average molecular weight is 314 g/mol. The molecule has 2 aliphatic rings. The molecule has 0 radical (unpaired) electrons. The van der Waals surface area contributed by atoms with E-state index in [0.29, 0.717) is 26.2 Å². The number of alkyl carbamates (subject to hydrolysis) is 1. The van der Waals surface area contributed by atoms with Gasteiger partial charge in [0, 0.05) is 6.54 Å². The highest BCUT2D eigenvalue weighted by Gasteiger charge is 2.41. The molecule has 2 amide bonds. The number of cyclic esters (lactones) is 1. The van der Waals surface area contributed by atoms with E-state index in [0.717, 1.165) is 12.8 Å². The van der Waals surface area contributed by atoms with E-state index < -0.39 is 11.7 Å². The highest BCUT2D eigenvalue weighted by molar-refractivity contribution is 5.69. The number of hydrogen-bond donors (Lipinski definition) is 1. The number of nitrogens with one attached hydrogen (secondary N) is 1. The van der Waals surface area contributed by atoms with E-state index in [-0.39, 0.29) is 17.8 Å². The van der Waals surface area contributed by atoms with Crippen molar-refractivity contribution in [3.8, 4) is 0 Å². The maximum atomic E-state index is 12.1. The summed E-state index contributed by atoms with van der Waals surface area (Å²) in [5.41, 5.74) is -0.884. The third kappa shape index (κ3) is 4.25. The maximum Gasteiger partial charge on any atom is 0.410 e. The van der Waals surface area contributed by atoms with E-state index in [2.05, 4.69) is 5.32 Å². The normalized spacial score (nSPS) is 28.5. The van der Waals surface area contributed by atoms with Gasteiger partial charge in [0.2, 0.25) is 0 Å². The van der Waals surface area contributed by atoms with Crippen LogP contribution in [0.2, 0.25) is 0 Å². The second-order valence-corrected chi connectivity index (χ2v) is 6.91. The average Bonchev–Trinajstić information content (AvgIpc) is 3.02. The Morgan fingerprint density at radius 3 is 2.77 bits per heavy atom. The second-order valence-electron chi connectivity index (χ2n) is 6.91. The Bertz CT molecular complexity index is 434. The van der Waals surface area contributed by atoms with Gasteiger partial charge in [0.15, 0.2) is 0 Å². The summed E-state index contributed by atoms with van der Waals surface area (Å²) < 4.78 is 16.5. The summed E-state index contributed by atoms with van der Waals surface area (Å²) in [6.45, 7) is 9.53. The molecule has 7 heteroatoms. The lowest BCUT2D eigenvalue weighted by atomic mass is 10.00. The van der Waals surface area contributed by atoms with Crippen molar-refractivity contribution in [3.63, 3.8) is 0 Å². The predicted molar refractivity (Wildman–Crippen MR) is 79.7 cm³/mol. The third-order valence-electron chi connectivity index (χ3n) is 3.94. The lowest BCUT2D eigenvalue weighted by molar-refractivity contribution is -0.0697. The molecule has 0 spiro atoms. The molecular weight excluding hydrogens is 288 g/mol. The number of nitrogens with zero attached hydrogens (tertiary/aromatic N) is 1. The van der Waals surface area contributed by atoms with E-state index in [4.69, 9.17) is 14.2 Å². The number of carbonyl (C=O) groups excluding carboxylic acids is 2. The Morgan fingerprint density at radius 1 is 1.50 bits per heavy atom. The predicted octanol–water partition coefficient (Wildman–Crippen LogP) is 1.90. The Labute approximate surface area is 131 Å². The van der Waals surface area contributed by atoms with Gasteiger partial charge in [-0.05, 0) is 33.6 Å². The summed E-state index contributed by atoms with van der Waals surface area (Å²) in [5.74, 6) is 0. The van der Waals surface area contributed by atoms with E-state index >= 15 is 0 Å². The summed E-state index contributed by atoms with van der Waals surface area (Å²) in [7, 11) is 0. The van der Waals surface area contributed by atoms with Crippen molar-refractivity contribution in [3.05, 3.63) is 0 Å². The molecule has 0 aromatic carbocycles. The van der Waals surface area contributed by atoms with Gasteiger partial charge in [-0.25, -0.2) is 9.59 Å². The summed E-state index contributed by atoms with van der Waals surface area (Å²) in [4.78, 5) is 24.8. The van der Waals surface area contributed by atoms with Gasteiger partial charge < -0.3 is 24.4 Å². The molecule has 2 unspecified atom stereocenters. The van der Waals surface area contributed by atoms with Crippen molar-refractivity contribution >= 4 is 12.2 Å². The van der Waals surface area contributed by atoms with Gasteiger partial charge >= 0.3 is 12.2 Å². The summed E-state index contributed by atoms with van der Waals surface area (Å²) >= 11 is 0.